The van der Waals surface area contributed by atoms with Crippen LogP contribution in [0.2, 0.25) is 0 Å². The number of nitrogens with zero attached hydrogens (tertiary/aromatic N) is 1. The summed E-state index contributed by atoms with van der Waals surface area (Å²) in [6, 6.07) is 10.9. The minimum absolute atomic E-state index is 1.03. The summed E-state index contributed by atoms with van der Waals surface area (Å²) in [7, 11) is 0. The lowest BCUT2D eigenvalue weighted by Gasteiger charge is -2.23. The van der Waals surface area contributed by atoms with Gasteiger partial charge in [0.05, 0.1) is 0 Å². The molecule has 17 heavy (non-hydrogen) atoms. The van der Waals surface area contributed by atoms with Gasteiger partial charge in [-0.05, 0) is 36.7 Å². The van der Waals surface area contributed by atoms with Gasteiger partial charge in [-0.25, -0.2) is 0 Å². The molecule has 1 saturated heterocycles. The minimum Gasteiger partial charge on any atom is -0.302 e. The summed E-state index contributed by atoms with van der Waals surface area (Å²) in [5.74, 6) is 2.05. The van der Waals surface area contributed by atoms with E-state index in [-0.39, 0.29) is 0 Å². The van der Waals surface area contributed by atoms with Crippen molar-refractivity contribution in [1.82, 2.24) is 4.90 Å². The predicted octanol–water partition coefficient (Wildman–Crippen LogP) is 3.35. The Hall–Kier alpha value is -0.820. The Labute approximate surface area is 105 Å². The standard InChI is InChI=1S/C16H23N/c1-2-6-14(7-3-1)10-11-17-12-15-8-4-5-9-16(15)13-17/h1-3,6-7,15-16H,4-5,8-13H2/t15-,16-/m1/s1. The second-order valence-corrected chi connectivity index (χ2v) is 5.80. The highest BCUT2D eigenvalue weighted by atomic mass is 15.1. The lowest BCUT2D eigenvalue weighted by Crippen LogP contribution is -2.23. The molecule has 0 unspecified atom stereocenters. The van der Waals surface area contributed by atoms with Crippen LogP contribution in [0.25, 0.3) is 0 Å². The van der Waals surface area contributed by atoms with Crippen molar-refractivity contribution in [3.8, 4) is 0 Å². The molecule has 1 aliphatic heterocycles. The number of rotatable bonds is 3. The first-order chi connectivity index (χ1) is 8.42. The molecule has 0 bridgehead atoms. The molecule has 0 N–H and O–H groups in total. The molecule has 0 aromatic heterocycles. The fraction of sp³-hybridized carbons (Fsp3) is 0.625. The van der Waals surface area contributed by atoms with Crippen molar-refractivity contribution < 1.29 is 0 Å². The van der Waals surface area contributed by atoms with Crippen molar-refractivity contribution in [3.63, 3.8) is 0 Å². The molecule has 0 spiro atoms. The van der Waals surface area contributed by atoms with Crippen LogP contribution in [0.1, 0.15) is 31.2 Å². The molecule has 1 heterocycles. The van der Waals surface area contributed by atoms with E-state index in [4.69, 9.17) is 0 Å². The van der Waals surface area contributed by atoms with E-state index in [1.807, 2.05) is 0 Å². The Morgan fingerprint density at radius 2 is 1.59 bits per heavy atom. The van der Waals surface area contributed by atoms with Crippen LogP contribution in [0.5, 0.6) is 0 Å². The van der Waals surface area contributed by atoms with Gasteiger partial charge in [-0.15, -0.1) is 0 Å². The average molecular weight is 229 g/mol. The lowest BCUT2D eigenvalue weighted by molar-refractivity contribution is 0.299. The summed E-state index contributed by atoms with van der Waals surface area (Å²) >= 11 is 0. The Kier molecular flexibility index (Phi) is 3.46. The van der Waals surface area contributed by atoms with Gasteiger partial charge in [0.15, 0.2) is 0 Å². The summed E-state index contributed by atoms with van der Waals surface area (Å²) < 4.78 is 0. The van der Waals surface area contributed by atoms with E-state index in [2.05, 4.69) is 35.2 Å². The highest BCUT2D eigenvalue weighted by molar-refractivity contribution is 5.14. The smallest absolute Gasteiger partial charge is 0.00221 e. The minimum atomic E-state index is 1.03. The number of hydrogen-bond donors (Lipinski definition) is 0. The Bertz CT molecular complexity index is 332. The highest BCUT2D eigenvalue weighted by Crippen LogP contribution is 2.35. The molecule has 1 nitrogen and oxygen atoms in total. The maximum Gasteiger partial charge on any atom is 0.00221 e. The van der Waals surface area contributed by atoms with E-state index in [0.717, 1.165) is 11.8 Å². The Morgan fingerprint density at radius 3 is 2.24 bits per heavy atom. The average Bonchev–Trinajstić information content (AvgIpc) is 2.80. The maximum absolute atomic E-state index is 2.70. The summed E-state index contributed by atoms with van der Waals surface area (Å²) in [6.45, 7) is 4.01. The first-order valence-electron chi connectivity index (χ1n) is 7.18. The summed E-state index contributed by atoms with van der Waals surface area (Å²) in [5, 5.41) is 0. The van der Waals surface area contributed by atoms with Gasteiger partial charge < -0.3 is 4.90 Å². The zero-order valence-electron chi connectivity index (χ0n) is 10.6. The molecular weight excluding hydrogens is 206 g/mol. The Morgan fingerprint density at radius 1 is 0.941 bits per heavy atom. The van der Waals surface area contributed by atoms with Crippen LogP contribution < -0.4 is 0 Å². The van der Waals surface area contributed by atoms with Gasteiger partial charge >= 0.3 is 0 Å². The third-order valence-corrected chi connectivity index (χ3v) is 4.61. The fourth-order valence-electron chi connectivity index (χ4n) is 3.62. The van der Waals surface area contributed by atoms with E-state index in [1.165, 1.54) is 57.3 Å². The molecule has 0 radical (unpaired) electrons. The van der Waals surface area contributed by atoms with Crippen molar-refractivity contribution in [1.29, 1.82) is 0 Å². The fourth-order valence-corrected chi connectivity index (χ4v) is 3.62. The monoisotopic (exact) mass is 229 g/mol. The van der Waals surface area contributed by atoms with Crippen LogP contribution in [-0.2, 0) is 6.42 Å². The van der Waals surface area contributed by atoms with Gasteiger partial charge in [0.25, 0.3) is 0 Å². The van der Waals surface area contributed by atoms with Gasteiger partial charge in [-0.3, -0.25) is 0 Å². The van der Waals surface area contributed by atoms with E-state index in [9.17, 15) is 0 Å². The molecule has 0 amide bonds. The van der Waals surface area contributed by atoms with Crippen molar-refractivity contribution in [2.45, 2.75) is 32.1 Å². The lowest BCUT2D eigenvalue weighted by atomic mass is 9.82. The van der Waals surface area contributed by atoms with Crippen LogP contribution in [-0.4, -0.2) is 24.5 Å². The summed E-state index contributed by atoms with van der Waals surface area (Å²) in [5.41, 5.74) is 1.49. The van der Waals surface area contributed by atoms with Gasteiger partial charge in [0.2, 0.25) is 0 Å². The largest absolute Gasteiger partial charge is 0.302 e. The zero-order chi connectivity index (χ0) is 11.5. The van der Waals surface area contributed by atoms with Gasteiger partial charge in [-0.2, -0.15) is 0 Å². The van der Waals surface area contributed by atoms with Crippen LogP contribution in [0.3, 0.4) is 0 Å². The van der Waals surface area contributed by atoms with E-state index in [1.54, 1.807) is 0 Å². The topological polar surface area (TPSA) is 3.24 Å². The van der Waals surface area contributed by atoms with Gasteiger partial charge in [0.1, 0.15) is 0 Å². The first kappa shape index (κ1) is 11.3. The molecule has 2 atom stereocenters. The molecule has 1 aliphatic carbocycles. The normalized spacial score (nSPS) is 29.2. The zero-order valence-corrected chi connectivity index (χ0v) is 10.6. The van der Waals surface area contributed by atoms with Crippen LogP contribution in [0.4, 0.5) is 0 Å². The molecule has 3 rings (SSSR count). The highest BCUT2D eigenvalue weighted by Gasteiger charge is 2.33. The van der Waals surface area contributed by atoms with Crippen LogP contribution in [0.15, 0.2) is 30.3 Å². The Balaban J connectivity index is 1.50. The number of likely N-dealkylation sites (tertiary alicyclic amines) is 1. The molecule has 2 aliphatic rings. The number of fused-ring (bicyclic) bond motifs is 1. The third kappa shape index (κ3) is 2.71. The molecule has 1 aromatic rings. The second kappa shape index (κ2) is 5.22. The predicted molar refractivity (Wildman–Crippen MR) is 72.0 cm³/mol. The molecule has 1 heteroatoms. The van der Waals surface area contributed by atoms with E-state index >= 15 is 0 Å². The summed E-state index contributed by atoms with van der Waals surface area (Å²) in [4.78, 5) is 2.70. The third-order valence-electron chi connectivity index (χ3n) is 4.61. The van der Waals surface area contributed by atoms with E-state index < -0.39 is 0 Å². The number of hydrogen-bond acceptors (Lipinski definition) is 1. The van der Waals surface area contributed by atoms with Gasteiger partial charge in [0, 0.05) is 19.6 Å². The molecule has 2 fully saturated rings. The molecular formula is C16H23N. The molecule has 1 saturated carbocycles. The summed E-state index contributed by atoms with van der Waals surface area (Å²) in [6.07, 6.45) is 7.17. The van der Waals surface area contributed by atoms with Crippen LogP contribution in [0, 0.1) is 11.8 Å². The van der Waals surface area contributed by atoms with Gasteiger partial charge in [-0.1, -0.05) is 43.2 Å². The quantitative estimate of drug-likeness (QED) is 0.768. The maximum atomic E-state index is 2.70. The first-order valence-corrected chi connectivity index (χ1v) is 7.18. The van der Waals surface area contributed by atoms with Crippen molar-refractivity contribution in [3.05, 3.63) is 35.9 Å². The van der Waals surface area contributed by atoms with Crippen molar-refractivity contribution >= 4 is 0 Å². The molecule has 92 valence electrons. The van der Waals surface area contributed by atoms with Crippen molar-refractivity contribution in [2.75, 3.05) is 19.6 Å². The second-order valence-electron chi connectivity index (χ2n) is 5.80. The van der Waals surface area contributed by atoms with E-state index in [0.29, 0.717) is 0 Å². The molecule has 1 aromatic carbocycles. The van der Waals surface area contributed by atoms with Crippen LogP contribution >= 0.6 is 0 Å². The number of benzene rings is 1. The van der Waals surface area contributed by atoms with Crippen molar-refractivity contribution in [2.24, 2.45) is 11.8 Å². The SMILES string of the molecule is c1ccc(CCN2C[C@H]3CCCC[C@@H]3C2)cc1.